The molecule has 1 heterocycles. The molecule has 0 amide bonds. The Kier molecular flexibility index (Phi) is 3.12. The molecule has 0 radical (unpaired) electrons. The fourth-order valence-electron chi connectivity index (χ4n) is 0.834. The van der Waals surface area contributed by atoms with Crippen molar-refractivity contribution >= 4 is 28.4 Å². The summed E-state index contributed by atoms with van der Waals surface area (Å²) in [6, 6.07) is 0.915. The SMILES string of the molecule is C[C@@H](C(=O)Cl)[n+]1ccc(O)c(Cl)c1. The van der Waals surface area contributed by atoms with Gasteiger partial charge in [-0.1, -0.05) is 11.6 Å². The molecule has 0 aliphatic carbocycles. The monoisotopic (exact) mass is 220 g/mol. The summed E-state index contributed by atoms with van der Waals surface area (Å²) < 4.78 is 1.53. The summed E-state index contributed by atoms with van der Waals surface area (Å²) >= 11 is 10.9. The van der Waals surface area contributed by atoms with E-state index in [0.29, 0.717) is 0 Å². The predicted octanol–water partition coefficient (Wildman–Crippen LogP) is 1.66. The van der Waals surface area contributed by atoms with Gasteiger partial charge in [0.05, 0.1) is 0 Å². The van der Waals surface area contributed by atoms with Gasteiger partial charge in [0.2, 0.25) is 6.04 Å². The molecule has 1 N–H and O–H groups in total. The van der Waals surface area contributed by atoms with E-state index in [4.69, 9.17) is 28.3 Å². The first-order chi connectivity index (χ1) is 6.02. The number of halogens is 2. The fourth-order valence-corrected chi connectivity index (χ4v) is 1.12. The lowest BCUT2D eigenvalue weighted by Gasteiger charge is -2.01. The highest BCUT2D eigenvalue weighted by Gasteiger charge is 2.20. The van der Waals surface area contributed by atoms with E-state index >= 15 is 0 Å². The van der Waals surface area contributed by atoms with Crippen molar-refractivity contribution in [1.82, 2.24) is 0 Å². The molecule has 1 aromatic rings. The number of hydrogen-bond acceptors (Lipinski definition) is 2. The second-order valence-corrected chi connectivity index (χ2v) is 3.39. The molecule has 1 rings (SSSR count). The average Bonchev–Trinajstić information content (AvgIpc) is 2.08. The minimum absolute atomic E-state index is 0.0212. The number of carbonyl (C=O) groups is 1. The maximum Gasteiger partial charge on any atom is 0.289 e. The van der Waals surface area contributed by atoms with Crippen molar-refractivity contribution in [3.8, 4) is 5.75 Å². The Morgan fingerprint density at radius 2 is 2.31 bits per heavy atom. The van der Waals surface area contributed by atoms with Crippen LogP contribution < -0.4 is 4.57 Å². The van der Waals surface area contributed by atoms with Crippen LogP contribution in [0.25, 0.3) is 0 Å². The van der Waals surface area contributed by atoms with Gasteiger partial charge in [0, 0.05) is 13.0 Å². The Hall–Kier alpha value is -0.800. The van der Waals surface area contributed by atoms with Crippen LogP contribution in [0, 0.1) is 0 Å². The first-order valence-corrected chi connectivity index (χ1v) is 4.36. The van der Waals surface area contributed by atoms with Crippen LogP contribution in [0.4, 0.5) is 0 Å². The Morgan fingerprint density at radius 3 is 2.77 bits per heavy atom. The molecule has 1 aromatic heterocycles. The number of pyridine rings is 1. The maximum absolute atomic E-state index is 10.8. The second-order valence-electron chi connectivity index (χ2n) is 2.61. The summed E-state index contributed by atoms with van der Waals surface area (Å²) in [5.41, 5.74) is 0. The van der Waals surface area contributed by atoms with Crippen molar-refractivity contribution in [1.29, 1.82) is 0 Å². The predicted molar refractivity (Wildman–Crippen MR) is 48.9 cm³/mol. The maximum atomic E-state index is 10.8. The van der Waals surface area contributed by atoms with Gasteiger partial charge in [-0.3, -0.25) is 4.79 Å². The van der Waals surface area contributed by atoms with E-state index in [9.17, 15) is 4.79 Å². The van der Waals surface area contributed by atoms with E-state index in [1.807, 2.05) is 0 Å². The van der Waals surface area contributed by atoms with Crippen LogP contribution in [0.15, 0.2) is 18.5 Å². The van der Waals surface area contributed by atoms with Crippen LogP contribution in [0.5, 0.6) is 5.75 Å². The molecule has 70 valence electrons. The van der Waals surface area contributed by atoms with E-state index in [0.717, 1.165) is 0 Å². The first-order valence-electron chi connectivity index (χ1n) is 3.61. The van der Waals surface area contributed by atoms with Gasteiger partial charge >= 0.3 is 0 Å². The molecule has 0 unspecified atom stereocenters. The average molecular weight is 221 g/mol. The largest absolute Gasteiger partial charge is 0.506 e. The normalized spacial score (nSPS) is 12.5. The molecule has 0 bridgehead atoms. The van der Waals surface area contributed by atoms with Crippen molar-refractivity contribution in [2.75, 3.05) is 0 Å². The zero-order valence-corrected chi connectivity index (χ0v) is 8.38. The molecule has 0 aromatic carbocycles. The van der Waals surface area contributed by atoms with Gasteiger partial charge in [0.15, 0.2) is 12.4 Å². The standard InChI is InChI=1S/C8H7Cl2NO2/c1-5(8(10)13)11-3-2-7(12)6(9)4-11/h2-5H,1H3/p+1/t5-/m0/s1. The molecular weight excluding hydrogens is 213 g/mol. The summed E-state index contributed by atoms with van der Waals surface area (Å²) in [6.07, 6.45) is 2.98. The Morgan fingerprint density at radius 1 is 1.69 bits per heavy atom. The third kappa shape index (κ3) is 2.32. The van der Waals surface area contributed by atoms with Crippen molar-refractivity contribution < 1.29 is 14.5 Å². The van der Waals surface area contributed by atoms with Gasteiger partial charge in [-0.05, 0) is 11.6 Å². The molecule has 0 fully saturated rings. The van der Waals surface area contributed by atoms with E-state index < -0.39 is 11.3 Å². The fraction of sp³-hybridized carbons (Fsp3) is 0.250. The number of nitrogens with zero attached hydrogens (tertiary/aromatic N) is 1. The van der Waals surface area contributed by atoms with E-state index in [1.54, 1.807) is 6.92 Å². The number of aromatic nitrogens is 1. The van der Waals surface area contributed by atoms with Crippen molar-refractivity contribution in [2.45, 2.75) is 13.0 Å². The highest BCUT2D eigenvalue weighted by molar-refractivity contribution is 6.64. The van der Waals surface area contributed by atoms with Gasteiger partial charge < -0.3 is 5.11 Å². The third-order valence-corrected chi connectivity index (χ3v) is 2.29. The highest BCUT2D eigenvalue weighted by Crippen LogP contribution is 2.19. The summed E-state index contributed by atoms with van der Waals surface area (Å²) in [6.45, 7) is 1.64. The Bertz CT molecular complexity index is 341. The summed E-state index contributed by atoms with van der Waals surface area (Å²) in [4.78, 5) is 10.8. The van der Waals surface area contributed by atoms with Gasteiger partial charge in [0.1, 0.15) is 10.8 Å². The van der Waals surface area contributed by atoms with Gasteiger partial charge in [-0.15, -0.1) is 0 Å². The number of rotatable bonds is 2. The van der Waals surface area contributed by atoms with E-state index in [1.165, 1.54) is 23.0 Å². The van der Waals surface area contributed by atoms with Crippen LogP contribution in [0.2, 0.25) is 5.02 Å². The summed E-state index contributed by atoms with van der Waals surface area (Å²) in [5, 5.41) is 8.81. The van der Waals surface area contributed by atoms with Crippen molar-refractivity contribution in [2.24, 2.45) is 0 Å². The number of hydrogen-bond donors (Lipinski definition) is 1. The van der Waals surface area contributed by atoms with Crippen LogP contribution in [-0.4, -0.2) is 10.3 Å². The van der Waals surface area contributed by atoms with Crippen LogP contribution in [-0.2, 0) is 4.79 Å². The molecule has 13 heavy (non-hydrogen) atoms. The van der Waals surface area contributed by atoms with Crippen LogP contribution in [0.3, 0.4) is 0 Å². The van der Waals surface area contributed by atoms with Crippen molar-refractivity contribution in [3.05, 3.63) is 23.5 Å². The molecule has 0 saturated heterocycles. The molecule has 0 aliphatic heterocycles. The second kappa shape index (κ2) is 3.94. The van der Waals surface area contributed by atoms with Gasteiger partial charge in [-0.2, -0.15) is 4.57 Å². The minimum Gasteiger partial charge on any atom is -0.506 e. The van der Waals surface area contributed by atoms with Gasteiger partial charge in [-0.25, -0.2) is 0 Å². The molecule has 0 saturated carbocycles. The van der Waals surface area contributed by atoms with E-state index in [2.05, 4.69) is 0 Å². The molecular formula is C8H8Cl2NO2+. The van der Waals surface area contributed by atoms with E-state index in [-0.39, 0.29) is 10.8 Å². The molecule has 3 nitrogen and oxygen atoms in total. The molecule has 0 aliphatic rings. The summed E-state index contributed by atoms with van der Waals surface area (Å²) in [5.74, 6) is -0.0212. The van der Waals surface area contributed by atoms with Crippen LogP contribution >= 0.6 is 23.2 Å². The smallest absolute Gasteiger partial charge is 0.289 e. The third-order valence-electron chi connectivity index (χ3n) is 1.69. The summed E-state index contributed by atoms with van der Waals surface area (Å²) in [7, 11) is 0. The minimum atomic E-state index is -0.486. The topological polar surface area (TPSA) is 41.2 Å². The molecule has 5 heteroatoms. The van der Waals surface area contributed by atoms with Crippen molar-refractivity contribution in [3.63, 3.8) is 0 Å². The zero-order valence-electron chi connectivity index (χ0n) is 6.87. The zero-order chi connectivity index (χ0) is 10.0. The first kappa shape index (κ1) is 10.3. The lowest BCUT2D eigenvalue weighted by atomic mass is 10.3. The number of aromatic hydroxyl groups is 1. The highest BCUT2D eigenvalue weighted by atomic mass is 35.5. The molecule has 0 spiro atoms. The number of carbonyl (C=O) groups excluding carboxylic acids is 1. The lowest BCUT2D eigenvalue weighted by Crippen LogP contribution is -2.40. The quantitative estimate of drug-likeness (QED) is 0.609. The Balaban J connectivity index is 3.03. The lowest BCUT2D eigenvalue weighted by molar-refractivity contribution is -0.705. The van der Waals surface area contributed by atoms with Crippen LogP contribution in [0.1, 0.15) is 13.0 Å². The van der Waals surface area contributed by atoms with Gasteiger partial charge in [0.25, 0.3) is 5.24 Å². The molecule has 1 atom stereocenters. The Labute approximate surface area is 85.5 Å².